The molecule has 1 aromatic carbocycles. The van der Waals surface area contributed by atoms with Gasteiger partial charge in [0.15, 0.2) is 0 Å². The van der Waals surface area contributed by atoms with E-state index in [4.69, 9.17) is 0 Å². The maximum absolute atomic E-state index is 11.3. The Kier molecular flexibility index (Phi) is 4.88. The van der Waals surface area contributed by atoms with Crippen molar-refractivity contribution in [2.45, 2.75) is 33.6 Å². The number of amides is 1. The molecule has 0 saturated carbocycles. The SMILES string of the molecule is CC(=O)CC(=O)NCCc1cc(C)ccc1C. The van der Waals surface area contributed by atoms with Crippen LogP contribution in [0.1, 0.15) is 30.0 Å². The summed E-state index contributed by atoms with van der Waals surface area (Å²) in [7, 11) is 0. The van der Waals surface area contributed by atoms with E-state index in [1.54, 1.807) is 0 Å². The normalized spacial score (nSPS) is 10.1. The Labute approximate surface area is 102 Å². The number of nitrogens with one attached hydrogen (secondary N) is 1. The zero-order chi connectivity index (χ0) is 12.8. The molecule has 1 aromatic rings. The van der Waals surface area contributed by atoms with Crippen molar-refractivity contribution in [2.24, 2.45) is 0 Å². The van der Waals surface area contributed by atoms with Gasteiger partial charge in [0.1, 0.15) is 5.78 Å². The van der Waals surface area contributed by atoms with Crippen LogP contribution in [0.4, 0.5) is 0 Å². The van der Waals surface area contributed by atoms with Crippen LogP contribution in [0.5, 0.6) is 0 Å². The topological polar surface area (TPSA) is 46.2 Å². The molecule has 0 heterocycles. The number of aryl methyl sites for hydroxylation is 2. The molecule has 0 bridgehead atoms. The Morgan fingerprint density at radius 3 is 2.59 bits per heavy atom. The van der Waals surface area contributed by atoms with E-state index in [0.717, 1.165) is 6.42 Å². The first-order valence-electron chi connectivity index (χ1n) is 5.81. The van der Waals surface area contributed by atoms with Crippen molar-refractivity contribution >= 4 is 11.7 Å². The second kappa shape index (κ2) is 6.18. The van der Waals surface area contributed by atoms with Gasteiger partial charge in [0.25, 0.3) is 0 Å². The number of carbonyl (C=O) groups excluding carboxylic acids is 2. The van der Waals surface area contributed by atoms with Crippen molar-refractivity contribution in [1.82, 2.24) is 5.32 Å². The summed E-state index contributed by atoms with van der Waals surface area (Å²) in [4.78, 5) is 22.0. The molecule has 0 atom stereocenters. The highest BCUT2D eigenvalue weighted by molar-refractivity contribution is 5.96. The molecular weight excluding hydrogens is 214 g/mol. The predicted molar refractivity (Wildman–Crippen MR) is 67.9 cm³/mol. The quantitative estimate of drug-likeness (QED) is 0.790. The van der Waals surface area contributed by atoms with Crippen LogP contribution in [0.3, 0.4) is 0 Å². The second-order valence-electron chi connectivity index (χ2n) is 4.41. The standard InChI is InChI=1S/C14H19NO2/c1-10-4-5-11(2)13(8-10)6-7-15-14(17)9-12(3)16/h4-5,8H,6-7,9H2,1-3H3,(H,15,17). The lowest BCUT2D eigenvalue weighted by Gasteiger charge is -2.08. The molecule has 0 fully saturated rings. The zero-order valence-corrected chi connectivity index (χ0v) is 10.7. The molecule has 1 rings (SSSR count). The molecule has 0 aromatic heterocycles. The van der Waals surface area contributed by atoms with Gasteiger partial charge < -0.3 is 5.32 Å². The number of rotatable bonds is 5. The monoisotopic (exact) mass is 233 g/mol. The summed E-state index contributed by atoms with van der Waals surface area (Å²) in [5, 5.41) is 2.75. The number of benzene rings is 1. The highest BCUT2D eigenvalue weighted by Gasteiger charge is 2.04. The number of hydrogen-bond acceptors (Lipinski definition) is 2. The summed E-state index contributed by atoms with van der Waals surface area (Å²) < 4.78 is 0. The van der Waals surface area contributed by atoms with E-state index in [-0.39, 0.29) is 18.1 Å². The van der Waals surface area contributed by atoms with E-state index >= 15 is 0 Å². The first kappa shape index (κ1) is 13.4. The number of ketones is 1. The summed E-state index contributed by atoms with van der Waals surface area (Å²) >= 11 is 0. The number of hydrogen-bond donors (Lipinski definition) is 1. The smallest absolute Gasteiger partial charge is 0.227 e. The molecule has 3 nitrogen and oxygen atoms in total. The van der Waals surface area contributed by atoms with Crippen molar-refractivity contribution in [3.63, 3.8) is 0 Å². The largest absolute Gasteiger partial charge is 0.355 e. The molecule has 0 unspecified atom stereocenters. The van der Waals surface area contributed by atoms with E-state index in [1.165, 1.54) is 23.6 Å². The van der Waals surface area contributed by atoms with E-state index in [2.05, 4.69) is 37.4 Å². The summed E-state index contributed by atoms with van der Waals surface area (Å²) in [6, 6.07) is 6.29. The van der Waals surface area contributed by atoms with Gasteiger partial charge in [-0.1, -0.05) is 23.8 Å². The van der Waals surface area contributed by atoms with Crippen LogP contribution < -0.4 is 5.32 Å². The van der Waals surface area contributed by atoms with Crippen molar-refractivity contribution in [3.8, 4) is 0 Å². The fraction of sp³-hybridized carbons (Fsp3) is 0.429. The molecule has 0 saturated heterocycles. The lowest BCUT2D eigenvalue weighted by Crippen LogP contribution is -2.27. The van der Waals surface area contributed by atoms with Crippen LogP contribution in [-0.2, 0) is 16.0 Å². The third-order valence-electron chi connectivity index (χ3n) is 2.63. The van der Waals surface area contributed by atoms with Gasteiger partial charge in [-0.05, 0) is 38.3 Å². The molecule has 1 amide bonds. The lowest BCUT2D eigenvalue weighted by molar-refractivity contribution is -0.127. The highest BCUT2D eigenvalue weighted by atomic mass is 16.2. The van der Waals surface area contributed by atoms with Gasteiger partial charge in [0.2, 0.25) is 5.91 Å². The first-order valence-corrected chi connectivity index (χ1v) is 5.81. The van der Waals surface area contributed by atoms with Crippen molar-refractivity contribution in [3.05, 3.63) is 34.9 Å². The van der Waals surface area contributed by atoms with Gasteiger partial charge in [-0.3, -0.25) is 9.59 Å². The maximum Gasteiger partial charge on any atom is 0.227 e. The van der Waals surface area contributed by atoms with Crippen LogP contribution in [0.15, 0.2) is 18.2 Å². The lowest BCUT2D eigenvalue weighted by atomic mass is 10.0. The van der Waals surface area contributed by atoms with E-state index in [1.807, 2.05) is 0 Å². The summed E-state index contributed by atoms with van der Waals surface area (Å²) in [6.07, 6.45) is 0.782. The van der Waals surface area contributed by atoms with Crippen LogP contribution in [0.25, 0.3) is 0 Å². The van der Waals surface area contributed by atoms with Gasteiger partial charge in [-0.2, -0.15) is 0 Å². The van der Waals surface area contributed by atoms with Gasteiger partial charge in [0.05, 0.1) is 6.42 Å². The first-order chi connectivity index (χ1) is 7.99. The summed E-state index contributed by atoms with van der Waals surface area (Å²) in [6.45, 7) is 6.12. The predicted octanol–water partition coefficient (Wildman–Crippen LogP) is 1.94. The molecule has 17 heavy (non-hydrogen) atoms. The Morgan fingerprint density at radius 2 is 1.94 bits per heavy atom. The number of carbonyl (C=O) groups is 2. The molecule has 0 spiro atoms. The molecule has 0 aliphatic carbocycles. The summed E-state index contributed by atoms with van der Waals surface area (Å²) in [5.74, 6) is -0.294. The third-order valence-corrected chi connectivity index (χ3v) is 2.63. The highest BCUT2D eigenvalue weighted by Crippen LogP contribution is 2.10. The Morgan fingerprint density at radius 1 is 1.24 bits per heavy atom. The molecular formula is C14H19NO2. The molecule has 0 radical (unpaired) electrons. The molecule has 3 heteroatoms. The van der Waals surface area contributed by atoms with Crippen LogP contribution in [0.2, 0.25) is 0 Å². The van der Waals surface area contributed by atoms with Gasteiger partial charge in [-0.25, -0.2) is 0 Å². The second-order valence-corrected chi connectivity index (χ2v) is 4.41. The minimum Gasteiger partial charge on any atom is -0.355 e. The van der Waals surface area contributed by atoms with E-state index in [0.29, 0.717) is 6.54 Å². The molecule has 92 valence electrons. The average Bonchev–Trinajstić information content (AvgIpc) is 2.22. The molecule has 0 aliphatic heterocycles. The third kappa shape index (κ3) is 4.81. The fourth-order valence-corrected chi connectivity index (χ4v) is 1.69. The Hall–Kier alpha value is -1.64. The zero-order valence-electron chi connectivity index (χ0n) is 10.7. The van der Waals surface area contributed by atoms with E-state index in [9.17, 15) is 9.59 Å². The maximum atomic E-state index is 11.3. The minimum atomic E-state index is -0.192. The van der Waals surface area contributed by atoms with Gasteiger partial charge >= 0.3 is 0 Å². The molecule has 1 N–H and O–H groups in total. The van der Waals surface area contributed by atoms with Crippen LogP contribution in [0, 0.1) is 13.8 Å². The fourth-order valence-electron chi connectivity index (χ4n) is 1.69. The number of Topliss-reactive ketones (excluding diaryl/α,β-unsaturated/α-hetero) is 1. The average molecular weight is 233 g/mol. The van der Waals surface area contributed by atoms with E-state index < -0.39 is 0 Å². The minimum absolute atomic E-state index is 0.0210. The molecule has 0 aliphatic rings. The Balaban J connectivity index is 2.43. The van der Waals surface area contributed by atoms with Gasteiger partial charge in [-0.15, -0.1) is 0 Å². The van der Waals surface area contributed by atoms with Crippen molar-refractivity contribution in [2.75, 3.05) is 6.54 Å². The van der Waals surface area contributed by atoms with Gasteiger partial charge in [0, 0.05) is 6.54 Å². The van der Waals surface area contributed by atoms with Crippen molar-refractivity contribution < 1.29 is 9.59 Å². The summed E-state index contributed by atoms with van der Waals surface area (Å²) in [5.41, 5.74) is 3.70. The Bertz CT molecular complexity index is 424. The van der Waals surface area contributed by atoms with Crippen molar-refractivity contribution in [1.29, 1.82) is 0 Å². The van der Waals surface area contributed by atoms with Crippen LogP contribution in [-0.4, -0.2) is 18.2 Å². The van der Waals surface area contributed by atoms with Crippen LogP contribution >= 0.6 is 0 Å².